The van der Waals surface area contributed by atoms with Crippen molar-refractivity contribution in [2.75, 3.05) is 12.1 Å². The molecule has 4 aromatic rings. The minimum atomic E-state index is 0.124. The summed E-state index contributed by atoms with van der Waals surface area (Å²) in [4.78, 5) is 14.6. The smallest absolute Gasteiger partial charge is 0.307 e. The number of aromatic nitrogens is 4. The first kappa shape index (κ1) is 19.0. The van der Waals surface area contributed by atoms with Crippen molar-refractivity contribution in [1.82, 2.24) is 14.5 Å². The first-order valence-electron chi connectivity index (χ1n) is 9.65. The van der Waals surface area contributed by atoms with Crippen LogP contribution < -0.4 is 10.0 Å². The zero-order chi connectivity index (χ0) is 19.9. The fourth-order valence-corrected chi connectivity index (χ4v) is 3.27. The number of aliphatic hydroxyl groups excluding tert-OH is 1. The number of nitrogens with one attached hydrogen (secondary N) is 1. The predicted molar refractivity (Wildman–Crippen MR) is 110 cm³/mol. The highest BCUT2D eigenvalue weighted by Gasteiger charge is 2.21. The van der Waals surface area contributed by atoms with Crippen molar-refractivity contribution in [2.45, 2.75) is 26.1 Å². The molecule has 0 bridgehead atoms. The standard InChI is InChI=1S/C22H24N5O2/c28-13-7-12-26-17-27(14-18-8-3-1-4-9-18)22-20(26)21(23-16-24-22)25-29-15-19-10-5-2-6-11-19/h1-6,8-11,16-17,28H,7,12-15H2,(H,23,24,25)/q+1. The van der Waals surface area contributed by atoms with E-state index in [1.54, 1.807) is 0 Å². The summed E-state index contributed by atoms with van der Waals surface area (Å²) in [7, 11) is 0. The number of aliphatic hydroxyl groups is 1. The zero-order valence-corrected chi connectivity index (χ0v) is 16.1. The maximum absolute atomic E-state index is 9.29. The first-order valence-corrected chi connectivity index (χ1v) is 9.65. The van der Waals surface area contributed by atoms with Gasteiger partial charge in [0.15, 0.2) is 18.5 Å². The molecule has 4 rings (SSSR count). The molecule has 2 aromatic heterocycles. The molecule has 0 fully saturated rings. The fourth-order valence-electron chi connectivity index (χ4n) is 3.27. The number of hydrogen-bond acceptors (Lipinski definition) is 5. The molecule has 0 atom stereocenters. The monoisotopic (exact) mass is 390 g/mol. The van der Waals surface area contributed by atoms with Gasteiger partial charge in [-0.2, -0.15) is 4.98 Å². The van der Waals surface area contributed by atoms with E-state index >= 15 is 0 Å². The average Bonchev–Trinajstić information content (AvgIpc) is 3.12. The number of aryl methyl sites for hydroxylation is 1. The number of hydrogen-bond donors (Lipinski definition) is 2. The molecule has 148 valence electrons. The van der Waals surface area contributed by atoms with Gasteiger partial charge in [-0.3, -0.25) is 9.40 Å². The molecule has 29 heavy (non-hydrogen) atoms. The Morgan fingerprint density at radius 2 is 1.69 bits per heavy atom. The van der Waals surface area contributed by atoms with Crippen molar-refractivity contribution >= 4 is 17.0 Å². The van der Waals surface area contributed by atoms with Gasteiger partial charge in [0.25, 0.3) is 0 Å². The third-order valence-corrected chi connectivity index (χ3v) is 4.64. The molecule has 0 saturated carbocycles. The lowest BCUT2D eigenvalue weighted by Crippen LogP contribution is -2.33. The largest absolute Gasteiger partial charge is 0.396 e. The molecule has 2 heterocycles. The number of anilines is 1. The quantitative estimate of drug-likeness (QED) is 0.339. The van der Waals surface area contributed by atoms with Gasteiger partial charge < -0.3 is 5.11 Å². The Kier molecular flexibility index (Phi) is 6.09. The van der Waals surface area contributed by atoms with E-state index in [-0.39, 0.29) is 6.61 Å². The minimum Gasteiger partial charge on any atom is -0.396 e. The van der Waals surface area contributed by atoms with Gasteiger partial charge in [0.05, 0.1) is 19.7 Å². The Morgan fingerprint density at radius 1 is 0.966 bits per heavy atom. The number of fused-ring (bicyclic) bond motifs is 1. The van der Waals surface area contributed by atoms with Gasteiger partial charge in [-0.1, -0.05) is 65.6 Å². The van der Waals surface area contributed by atoms with Gasteiger partial charge in [0.1, 0.15) is 0 Å². The predicted octanol–water partition coefficient (Wildman–Crippen LogP) is 2.69. The number of imidazole rings is 1. The number of benzene rings is 2. The van der Waals surface area contributed by atoms with Crippen LogP contribution in [0.25, 0.3) is 11.2 Å². The second kappa shape index (κ2) is 9.27. The summed E-state index contributed by atoms with van der Waals surface area (Å²) in [5.41, 5.74) is 6.90. The van der Waals surface area contributed by atoms with Crippen LogP contribution in [0, 0.1) is 0 Å². The zero-order valence-electron chi connectivity index (χ0n) is 16.1. The molecular formula is C22H24N5O2+. The highest BCUT2D eigenvalue weighted by molar-refractivity contribution is 5.80. The van der Waals surface area contributed by atoms with E-state index in [1.165, 1.54) is 11.9 Å². The Balaban J connectivity index is 1.61. The lowest BCUT2D eigenvalue weighted by Gasteiger charge is -2.07. The number of nitrogens with zero attached hydrogens (tertiary/aromatic N) is 4. The topological polar surface area (TPSA) is 76.1 Å². The summed E-state index contributed by atoms with van der Waals surface area (Å²) in [6.07, 6.45) is 4.20. The van der Waals surface area contributed by atoms with Crippen molar-refractivity contribution in [3.63, 3.8) is 0 Å². The van der Waals surface area contributed by atoms with E-state index in [9.17, 15) is 5.11 Å². The second-order valence-electron chi connectivity index (χ2n) is 6.77. The minimum absolute atomic E-state index is 0.124. The summed E-state index contributed by atoms with van der Waals surface area (Å²) in [5.74, 6) is 0.607. The number of rotatable bonds is 9. The highest BCUT2D eigenvalue weighted by atomic mass is 16.6. The molecular weight excluding hydrogens is 366 g/mol. The van der Waals surface area contributed by atoms with Crippen LogP contribution in [-0.4, -0.2) is 26.2 Å². The van der Waals surface area contributed by atoms with Crippen molar-refractivity contribution in [2.24, 2.45) is 0 Å². The molecule has 0 radical (unpaired) electrons. The SMILES string of the molecule is OCCCn1c[n+](Cc2ccccc2)c2ncnc(NOCc3ccccc3)c21. The molecule has 0 aliphatic heterocycles. The van der Waals surface area contributed by atoms with Crippen LogP contribution in [0.4, 0.5) is 5.82 Å². The lowest BCUT2D eigenvalue weighted by atomic mass is 10.2. The van der Waals surface area contributed by atoms with E-state index in [0.29, 0.717) is 31.9 Å². The fraction of sp³-hybridized carbons (Fsp3) is 0.227. The summed E-state index contributed by atoms with van der Waals surface area (Å²) in [6.45, 7) is 1.91. The third-order valence-electron chi connectivity index (χ3n) is 4.64. The summed E-state index contributed by atoms with van der Waals surface area (Å²) < 4.78 is 4.15. The molecule has 7 heteroatoms. The van der Waals surface area contributed by atoms with Gasteiger partial charge in [0, 0.05) is 13.0 Å². The molecule has 2 N–H and O–H groups in total. The molecule has 0 saturated heterocycles. The second-order valence-corrected chi connectivity index (χ2v) is 6.77. The van der Waals surface area contributed by atoms with Crippen LogP contribution in [0.15, 0.2) is 73.3 Å². The van der Waals surface area contributed by atoms with E-state index in [4.69, 9.17) is 4.84 Å². The van der Waals surface area contributed by atoms with Crippen molar-refractivity contribution in [3.8, 4) is 0 Å². The molecule has 0 amide bonds. The van der Waals surface area contributed by atoms with Crippen molar-refractivity contribution in [3.05, 3.63) is 84.4 Å². The van der Waals surface area contributed by atoms with E-state index in [0.717, 1.165) is 16.7 Å². The summed E-state index contributed by atoms with van der Waals surface area (Å²) in [5, 5.41) is 9.29. The van der Waals surface area contributed by atoms with Crippen LogP contribution in [0.2, 0.25) is 0 Å². The van der Waals surface area contributed by atoms with Crippen molar-refractivity contribution in [1.29, 1.82) is 0 Å². The lowest BCUT2D eigenvalue weighted by molar-refractivity contribution is -0.665. The Bertz CT molecular complexity index is 1050. The molecule has 0 aliphatic rings. The summed E-state index contributed by atoms with van der Waals surface area (Å²) >= 11 is 0. The molecule has 7 nitrogen and oxygen atoms in total. The van der Waals surface area contributed by atoms with E-state index < -0.39 is 0 Å². The molecule has 0 spiro atoms. The molecule has 0 aliphatic carbocycles. The van der Waals surface area contributed by atoms with Gasteiger partial charge in [0.2, 0.25) is 5.52 Å². The van der Waals surface area contributed by atoms with Crippen LogP contribution in [-0.2, 0) is 24.5 Å². The Labute approximate surface area is 169 Å². The third kappa shape index (κ3) is 4.59. The Hall–Kier alpha value is -3.29. The van der Waals surface area contributed by atoms with Crippen molar-refractivity contribution < 1.29 is 14.5 Å². The van der Waals surface area contributed by atoms with Crippen LogP contribution in [0.3, 0.4) is 0 Å². The van der Waals surface area contributed by atoms with Gasteiger partial charge in [-0.15, -0.1) is 0 Å². The van der Waals surface area contributed by atoms with Gasteiger partial charge >= 0.3 is 5.65 Å². The highest BCUT2D eigenvalue weighted by Crippen LogP contribution is 2.19. The van der Waals surface area contributed by atoms with E-state index in [1.807, 2.05) is 54.9 Å². The molecule has 2 aromatic carbocycles. The van der Waals surface area contributed by atoms with Crippen LogP contribution in [0.1, 0.15) is 17.5 Å². The van der Waals surface area contributed by atoms with E-state index in [2.05, 4.69) is 36.7 Å². The maximum atomic E-state index is 9.29. The van der Waals surface area contributed by atoms with Crippen LogP contribution >= 0.6 is 0 Å². The molecule has 0 unspecified atom stereocenters. The maximum Gasteiger partial charge on any atom is 0.307 e. The van der Waals surface area contributed by atoms with Gasteiger partial charge in [-0.25, -0.2) is 10.0 Å². The van der Waals surface area contributed by atoms with Crippen LogP contribution in [0.5, 0.6) is 0 Å². The Morgan fingerprint density at radius 3 is 2.41 bits per heavy atom. The normalized spacial score (nSPS) is 11.1. The van der Waals surface area contributed by atoms with Gasteiger partial charge in [-0.05, 0) is 11.1 Å². The average molecular weight is 390 g/mol. The first-order chi connectivity index (χ1) is 14.3. The summed E-state index contributed by atoms with van der Waals surface area (Å²) in [6, 6.07) is 20.2.